The molecule has 1 aromatic heterocycles. The normalized spacial score (nSPS) is 12.4. The van der Waals surface area contributed by atoms with Crippen molar-refractivity contribution < 1.29 is 23.8 Å². The molecule has 0 saturated carbocycles. The van der Waals surface area contributed by atoms with Crippen LogP contribution in [0.1, 0.15) is 15.9 Å². The fourth-order valence-electron chi connectivity index (χ4n) is 2.20. The average molecular weight is 397 g/mol. The second-order valence-electron chi connectivity index (χ2n) is 5.38. The number of aromatic nitrogens is 1. The monoisotopic (exact) mass is 396 g/mol. The Morgan fingerprint density at radius 3 is 2.73 bits per heavy atom. The van der Waals surface area contributed by atoms with Gasteiger partial charge in [-0.15, -0.1) is 0 Å². The van der Waals surface area contributed by atoms with E-state index in [-0.39, 0.29) is 16.4 Å². The molecule has 2 heterocycles. The van der Waals surface area contributed by atoms with Crippen molar-refractivity contribution in [3.8, 4) is 11.5 Å². The Balaban J connectivity index is 1.59. The van der Waals surface area contributed by atoms with Crippen molar-refractivity contribution in [1.29, 1.82) is 0 Å². The van der Waals surface area contributed by atoms with E-state index in [1.807, 2.05) is 0 Å². The molecule has 2 aromatic rings. The highest BCUT2D eigenvalue weighted by atomic mass is 35.5. The lowest BCUT2D eigenvalue weighted by Gasteiger charge is -2.18. The number of hydrogen-bond donors (Lipinski definition) is 1. The summed E-state index contributed by atoms with van der Waals surface area (Å²) in [7, 11) is 0. The molecule has 0 saturated heterocycles. The number of nitrogens with zero attached hydrogens (tertiary/aromatic N) is 1. The molecule has 9 heteroatoms. The van der Waals surface area contributed by atoms with Gasteiger partial charge in [-0.3, -0.25) is 4.79 Å². The van der Waals surface area contributed by atoms with Gasteiger partial charge in [0, 0.05) is 6.20 Å². The van der Waals surface area contributed by atoms with Crippen LogP contribution in [-0.4, -0.2) is 36.7 Å². The molecule has 136 valence electrons. The molecule has 1 N–H and O–H groups in total. The number of carbonyl (C=O) groups is 2. The zero-order valence-corrected chi connectivity index (χ0v) is 15.2. The molecule has 1 aromatic carbocycles. The van der Waals surface area contributed by atoms with Gasteiger partial charge in [-0.2, -0.15) is 0 Å². The van der Waals surface area contributed by atoms with E-state index in [4.69, 9.17) is 37.4 Å². The highest BCUT2D eigenvalue weighted by Crippen LogP contribution is 2.31. The summed E-state index contributed by atoms with van der Waals surface area (Å²) in [4.78, 5) is 28.0. The second-order valence-corrected chi connectivity index (χ2v) is 6.16. The van der Waals surface area contributed by atoms with Crippen molar-refractivity contribution in [1.82, 2.24) is 4.98 Å². The van der Waals surface area contributed by atoms with Crippen molar-refractivity contribution in [2.75, 3.05) is 25.1 Å². The minimum Gasteiger partial charge on any atom is -0.486 e. The van der Waals surface area contributed by atoms with Gasteiger partial charge >= 0.3 is 5.97 Å². The first-order chi connectivity index (χ1) is 12.5. The number of hydrogen-bond acceptors (Lipinski definition) is 6. The smallest absolute Gasteiger partial charge is 0.338 e. The van der Waals surface area contributed by atoms with Gasteiger partial charge in [0.15, 0.2) is 23.9 Å². The van der Waals surface area contributed by atoms with Gasteiger partial charge < -0.3 is 19.5 Å². The number of nitrogens with one attached hydrogen (secondary N) is 1. The lowest BCUT2D eigenvalue weighted by atomic mass is 10.2. The van der Waals surface area contributed by atoms with E-state index >= 15 is 0 Å². The number of rotatable bonds is 4. The molecular weight excluding hydrogens is 383 g/mol. The Labute approximate surface area is 159 Å². The lowest BCUT2D eigenvalue weighted by Crippen LogP contribution is -2.22. The molecule has 0 aliphatic carbocycles. The zero-order chi connectivity index (χ0) is 18.7. The summed E-state index contributed by atoms with van der Waals surface area (Å²) in [6.07, 6.45) is 1.37. The largest absolute Gasteiger partial charge is 0.486 e. The summed E-state index contributed by atoms with van der Waals surface area (Å²) in [5, 5.41) is 3.09. The molecule has 1 aliphatic rings. The van der Waals surface area contributed by atoms with Gasteiger partial charge in [0.2, 0.25) is 0 Å². The molecule has 3 rings (SSSR count). The summed E-state index contributed by atoms with van der Waals surface area (Å²) in [6.45, 7) is 2.07. The molecule has 0 spiro atoms. The van der Waals surface area contributed by atoms with Gasteiger partial charge in [0.05, 0.1) is 15.6 Å². The van der Waals surface area contributed by atoms with Gasteiger partial charge in [-0.25, -0.2) is 9.78 Å². The number of benzene rings is 1. The molecule has 7 nitrogen and oxygen atoms in total. The Hall–Kier alpha value is -2.51. The van der Waals surface area contributed by atoms with Crippen LogP contribution in [0.2, 0.25) is 10.0 Å². The summed E-state index contributed by atoms with van der Waals surface area (Å²) in [6, 6.07) is 4.66. The van der Waals surface area contributed by atoms with Crippen LogP contribution in [0.4, 0.5) is 5.82 Å². The molecule has 26 heavy (non-hydrogen) atoms. The summed E-state index contributed by atoms with van der Waals surface area (Å²) >= 11 is 12.0. The standard InChI is InChI=1S/C17H14Cl2N2O5/c1-9-11(18)7-20-16(15(9)19)21-14(22)8-26-17(23)10-2-3-12-13(6-10)25-5-4-24-12/h2-3,6-7H,4-5,8H2,1H3,(H,20,21,22). The molecule has 0 radical (unpaired) electrons. The predicted molar refractivity (Wildman–Crippen MR) is 95.3 cm³/mol. The first-order valence-corrected chi connectivity index (χ1v) is 8.38. The fourth-order valence-corrected chi connectivity index (χ4v) is 2.59. The maximum Gasteiger partial charge on any atom is 0.338 e. The maximum absolute atomic E-state index is 12.1. The number of fused-ring (bicyclic) bond motifs is 1. The van der Waals surface area contributed by atoms with Crippen LogP contribution in [0.5, 0.6) is 11.5 Å². The van der Waals surface area contributed by atoms with Crippen LogP contribution >= 0.6 is 23.2 Å². The maximum atomic E-state index is 12.1. The number of carbonyl (C=O) groups excluding carboxylic acids is 2. The second kappa shape index (κ2) is 7.80. The fraction of sp³-hybridized carbons (Fsp3) is 0.235. The Morgan fingerprint density at radius 2 is 1.96 bits per heavy atom. The van der Waals surface area contributed by atoms with E-state index in [0.29, 0.717) is 35.3 Å². The minimum atomic E-state index is -0.663. The topological polar surface area (TPSA) is 86.8 Å². The third-order valence-electron chi connectivity index (χ3n) is 3.57. The van der Waals surface area contributed by atoms with Gasteiger partial charge in [-0.1, -0.05) is 23.2 Å². The van der Waals surface area contributed by atoms with Crippen LogP contribution in [0.15, 0.2) is 24.4 Å². The number of amides is 1. The Morgan fingerprint density at radius 1 is 1.23 bits per heavy atom. The van der Waals surface area contributed by atoms with E-state index in [1.54, 1.807) is 13.0 Å². The highest BCUT2D eigenvalue weighted by molar-refractivity contribution is 6.37. The van der Waals surface area contributed by atoms with Crippen LogP contribution < -0.4 is 14.8 Å². The van der Waals surface area contributed by atoms with E-state index in [0.717, 1.165) is 0 Å². The van der Waals surface area contributed by atoms with Crippen molar-refractivity contribution in [3.63, 3.8) is 0 Å². The third kappa shape index (κ3) is 4.00. The summed E-state index contributed by atoms with van der Waals surface area (Å²) < 4.78 is 15.8. The molecule has 1 amide bonds. The average Bonchev–Trinajstić information content (AvgIpc) is 2.66. The van der Waals surface area contributed by atoms with Crippen molar-refractivity contribution in [3.05, 3.63) is 45.6 Å². The number of ether oxygens (including phenoxy) is 3. The van der Waals surface area contributed by atoms with Crippen molar-refractivity contribution in [2.24, 2.45) is 0 Å². The van der Waals surface area contributed by atoms with Crippen LogP contribution in [-0.2, 0) is 9.53 Å². The SMILES string of the molecule is Cc1c(Cl)cnc(NC(=O)COC(=O)c2ccc3c(c2)OCCO3)c1Cl. The molecular formula is C17H14Cl2N2O5. The third-order valence-corrected chi connectivity index (χ3v) is 4.42. The minimum absolute atomic E-state index is 0.147. The molecule has 0 fully saturated rings. The first-order valence-electron chi connectivity index (χ1n) is 7.63. The van der Waals surface area contributed by atoms with E-state index in [9.17, 15) is 9.59 Å². The van der Waals surface area contributed by atoms with Crippen LogP contribution in [0.3, 0.4) is 0 Å². The van der Waals surface area contributed by atoms with Crippen LogP contribution in [0, 0.1) is 6.92 Å². The van der Waals surface area contributed by atoms with Gasteiger partial charge in [0.1, 0.15) is 13.2 Å². The first kappa shape index (κ1) is 18.3. The quantitative estimate of drug-likeness (QED) is 0.797. The van der Waals surface area contributed by atoms with E-state index < -0.39 is 18.5 Å². The molecule has 1 aliphatic heterocycles. The number of anilines is 1. The van der Waals surface area contributed by atoms with E-state index in [2.05, 4.69) is 10.3 Å². The van der Waals surface area contributed by atoms with Crippen molar-refractivity contribution in [2.45, 2.75) is 6.92 Å². The Bertz CT molecular complexity index is 872. The Kier molecular flexibility index (Phi) is 5.49. The highest BCUT2D eigenvalue weighted by Gasteiger charge is 2.17. The van der Waals surface area contributed by atoms with E-state index in [1.165, 1.54) is 18.3 Å². The molecule has 0 atom stereocenters. The predicted octanol–water partition coefficient (Wildman–Crippen LogP) is 3.26. The van der Waals surface area contributed by atoms with Gasteiger partial charge in [0.25, 0.3) is 5.91 Å². The number of pyridine rings is 1. The zero-order valence-electron chi connectivity index (χ0n) is 13.7. The van der Waals surface area contributed by atoms with Gasteiger partial charge in [-0.05, 0) is 30.7 Å². The molecule has 0 bridgehead atoms. The summed E-state index contributed by atoms with van der Waals surface area (Å²) in [5.41, 5.74) is 0.840. The molecule has 0 unspecified atom stereocenters. The van der Waals surface area contributed by atoms with Crippen LogP contribution in [0.25, 0.3) is 0 Å². The summed E-state index contributed by atoms with van der Waals surface area (Å²) in [5.74, 6) is -0.0726. The number of halogens is 2. The lowest BCUT2D eigenvalue weighted by molar-refractivity contribution is -0.119. The van der Waals surface area contributed by atoms with Crippen molar-refractivity contribution >= 4 is 40.9 Å². The number of esters is 1.